The summed E-state index contributed by atoms with van der Waals surface area (Å²) in [6.45, 7) is 2.50. The van der Waals surface area contributed by atoms with Gasteiger partial charge in [0.25, 0.3) is 0 Å². The molecule has 0 saturated carbocycles. The molecule has 3 heteroatoms. The number of halogens is 1. The topological polar surface area (TPSA) is 35.2 Å². The average molecular weight is 245 g/mol. The molecule has 2 N–H and O–H groups in total. The van der Waals surface area contributed by atoms with E-state index in [1.165, 1.54) is 23.8 Å². The number of anilines is 1. The number of ether oxygens (including phenoxy) is 1. The smallest absolute Gasteiger partial charge is 0.145 e. The maximum absolute atomic E-state index is 13.0. The van der Waals surface area contributed by atoms with Crippen LogP contribution in [0, 0.1) is 5.82 Å². The lowest BCUT2D eigenvalue weighted by molar-refractivity contribution is 0.306. The van der Waals surface area contributed by atoms with Gasteiger partial charge in [0.2, 0.25) is 0 Å². The summed E-state index contributed by atoms with van der Waals surface area (Å²) in [5.74, 6) is 0.0371. The second-order valence-corrected chi connectivity index (χ2v) is 4.14. The molecule has 0 heterocycles. The summed E-state index contributed by atoms with van der Waals surface area (Å²) in [4.78, 5) is 0. The van der Waals surface area contributed by atoms with Gasteiger partial charge in [0.05, 0.1) is 5.69 Å². The van der Waals surface area contributed by atoms with Crippen LogP contribution in [0.2, 0.25) is 0 Å². The van der Waals surface area contributed by atoms with E-state index < -0.39 is 0 Å². The highest BCUT2D eigenvalue weighted by molar-refractivity contribution is 5.52. The molecule has 0 radical (unpaired) electrons. The van der Waals surface area contributed by atoms with Crippen molar-refractivity contribution in [1.29, 1.82) is 0 Å². The summed E-state index contributed by atoms with van der Waals surface area (Å²) in [6, 6.07) is 12.3. The van der Waals surface area contributed by atoms with Crippen LogP contribution in [-0.4, -0.2) is 0 Å². The van der Waals surface area contributed by atoms with Gasteiger partial charge in [0.15, 0.2) is 0 Å². The SMILES string of the molecule is CCc1ccc(COc2cc(F)ccc2N)cc1. The van der Waals surface area contributed by atoms with E-state index in [1.807, 2.05) is 12.1 Å². The standard InChI is InChI=1S/C15H16FNO/c1-2-11-3-5-12(6-4-11)10-18-15-9-13(16)7-8-14(15)17/h3-9H,2,10,17H2,1H3. The number of hydrogen-bond acceptors (Lipinski definition) is 2. The Bertz CT molecular complexity index is 523. The Morgan fingerprint density at radius 3 is 2.39 bits per heavy atom. The van der Waals surface area contributed by atoms with E-state index in [4.69, 9.17) is 10.5 Å². The molecule has 0 aliphatic heterocycles. The van der Waals surface area contributed by atoms with Crippen LogP contribution >= 0.6 is 0 Å². The average Bonchev–Trinajstić information content (AvgIpc) is 2.40. The summed E-state index contributed by atoms with van der Waals surface area (Å²) in [5, 5.41) is 0. The molecule has 2 aromatic carbocycles. The van der Waals surface area contributed by atoms with Gasteiger partial charge in [-0.3, -0.25) is 0 Å². The molecule has 0 amide bonds. The first-order chi connectivity index (χ1) is 8.69. The molecule has 0 saturated heterocycles. The van der Waals surface area contributed by atoms with Crippen molar-refractivity contribution in [2.75, 3.05) is 5.73 Å². The van der Waals surface area contributed by atoms with Gasteiger partial charge in [0.1, 0.15) is 18.2 Å². The predicted molar refractivity (Wildman–Crippen MR) is 71.0 cm³/mol. The molecule has 94 valence electrons. The lowest BCUT2D eigenvalue weighted by Crippen LogP contribution is -1.99. The summed E-state index contributed by atoms with van der Waals surface area (Å²) >= 11 is 0. The third-order valence-corrected chi connectivity index (χ3v) is 2.80. The van der Waals surface area contributed by atoms with Crippen molar-refractivity contribution < 1.29 is 9.13 Å². The van der Waals surface area contributed by atoms with E-state index in [0.29, 0.717) is 18.0 Å². The molecule has 18 heavy (non-hydrogen) atoms. The largest absolute Gasteiger partial charge is 0.487 e. The highest BCUT2D eigenvalue weighted by Gasteiger charge is 2.02. The fraction of sp³-hybridized carbons (Fsp3) is 0.200. The van der Waals surface area contributed by atoms with Crippen LogP contribution in [0.5, 0.6) is 5.75 Å². The lowest BCUT2D eigenvalue weighted by Gasteiger charge is -2.09. The van der Waals surface area contributed by atoms with Gasteiger partial charge >= 0.3 is 0 Å². The van der Waals surface area contributed by atoms with E-state index in [9.17, 15) is 4.39 Å². The number of aryl methyl sites for hydroxylation is 1. The van der Waals surface area contributed by atoms with Crippen LogP contribution in [0.25, 0.3) is 0 Å². The van der Waals surface area contributed by atoms with Gasteiger partial charge in [0, 0.05) is 6.07 Å². The Labute approximate surface area is 106 Å². The Hall–Kier alpha value is -2.03. The van der Waals surface area contributed by atoms with Crippen molar-refractivity contribution in [2.24, 2.45) is 0 Å². The quantitative estimate of drug-likeness (QED) is 0.836. The van der Waals surface area contributed by atoms with E-state index in [0.717, 1.165) is 12.0 Å². The minimum atomic E-state index is -0.347. The predicted octanol–water partition coefficient (Wildman–Crippen LogP) is 3.55. The van der Waals surface area contributed by atoms with E-state index in [1.54, 1.807) is 0 Å². The molecule has 0 bridgehead atoms. The fourth-order valence-electron chi connectivity index (χ4n) is 1.67. The maximum Gasteiger partial charge on any atom is 0.145 e. The first-order valence-corrected chi connectivity index (χ1v) is 5.94. The van der Waals surface area contributed by atoms with Crippen molar-refractivity contribution in [3.63, 3.8) is 0 Å². The van der Waals surface area contributed by atoms with Crippen LogP contribution < -0.4 is 10.5 Å². The van der Waals surface area contributed by atoms with Crippen molar-refractivity contribution in [3.05, 3.63) is 59.4 Å². The minimum Gasteiger partial charge on any atom is -0.487 e. The zero-order valence-corrected chi connectivity index (χ0v) is 10.3. The normalized spacial score (nSPS) is 10.3. The second kappa shape index (κ2) is 5.54. The minimum absolute atomic E-state index is 0.347. The first-order valence-electron chi connectivity index (χ1n) is 5.94. The van der Waals surface area contributed by atoms with Gasteiger partial charge in [-0.05, 0) is 29.7 Å². The second-order valence-electron chi connectivity index (χ2n) is 4.14. The molecule has 0 spiro atoms. The lowest BCUT2D eigenvalue weighted by atomic mass is 10.1. The number of benzene rings is 2. The molecule has 0 aliphatic carbocycles. The molecular weight excluding hydrogens is 229 g/mol. The van der Waals surface area contributed by atoms with Crippen molar-refractivity contribution in [3.8, 4) is 5.75 Å². The third-order valence-electron chi connectivity index (χ3n) is 2.80. The molecule has 2 nitrogen and oxygen atoms in total. The zero-order chi connectivity index (χ0) is 13.0. The monoisotopic (exact) mass is 245 g/mol. The molecule has 2 rings (SSSR count). The van der Waals surface area contributed by atoms with Gasteiger partial charge in [-0.1, -0.05) is 31.2 Å². The van der Waals surface area contributed by atoms with Gasteiger partial charge < -0.3 is 10.5 Å². The fourth-order valence-corrected chi connectivity index (χ4v) is 1.67. The van der Waals surface area contributed by atoms with Crippen molar-refractivity contribution in [2.45, 2.75) is 20.0 Å². The molecular formula is C15H16FNO. The third kappa shape index (κ3) is 3.00. The first kappa shape index (κ1) is 12.4. The Kier molecular flexibility index (Phi) is 3.82. The van der Waals surface area contributed by atoms with Crippen LogP contribution in [0.3, 0.4) is 0 Å². The van der Waals surface area contributed by atoms with E-state index in [2.05, 4.69) is 19.1 Å². The zero-order valence-electron chi connectivity index (χ0n) is 10.3. The van der Waals surface area contributed by atoms with Crippen LogP contribution in [0.1, 0.15) is 18.1 Å². The van der Waals surface area contributed by atoms with E-state index >= 15 is 0 Å². The van der Waals surface area contributed by atoms with Crippen LogP contribution in [-0.2, 0) is 13.0 Å². The number of nitrogens with two attached hydrogens (primary N) is 1. The Morgan fingerprint density at radius 1 is 1.06 bits per heavy atom. The number of rotatable bonds is 4. The maximum atomic E-state index is 13.0. The summed E-state index contributed by atoms with van der Waals surface area (Å²) < 4.78 is 18.5. The van der Waals surface area contributed by atoms with Gasteiger partial charge in [-0.2, -0.15) is 0 Å². The summed E-state index contributed by atoms with van der Waals surface area (Å²) in [5.41, 5.74) is 8.47. The van der Waals surface area contributed by atoms with Gasteiger partial charge in [-0.15, -0.1) is 0 Å². The molecule has 2 aromatic rings. The highest BCUT2D eigenvalue weighted by Crippen LogP contribution is 2.23. The van der Waals surface area contributed by atoms with E-state index in [-0.39, 0.29) is 5.82 Å². The van der Waals surface area contributed by atoms with Gasteiger partial charge in [-0.25, -0.2) is 4.39 Å². The molecule has 0 fully saturated rings. The summed E-state index contributed by atoms with van der Waals surface area (Å²) in [7, 11) is 0. The highest BCUT2D eigenvalue weighted by atomic mass is 19.1. The van der Waals surface area contributed by atoms with Crippen molar-refractivity contribution in [1.82, 2.24) is 0 Å². The Balaban J connectivity index is 2.04. The summed E-state index contributed by atoms with van der Waals surface area (Å²) in [6.07, 6.45) is 1.01. The molecule has 0 aliphatic rings. The molecule has 0 aromatic heterocycles. The van der Waals surface area contributed by atoms with Crippen LogP contribution in [0.15, 0.2) is 42.5 Å². The molecule has 0 unspecified atom stereocenters. The number of nitrogen functional groups attached to an aromatic ring is 1. The number of hydrogen-bond donors (Lipinski definition) is 1. The van der Waals surface area contributed by atoms with Crippen LogP contribution in [0.4, 0.5) is 10.1 Å². The Morgan fingerprint density at radius 2 is 1.72 bits per heavy atom. The van der Waals surface area contributed by atoms with Crippen molar-refractivity contribution >= 4 is 5.69 Å². The molecule has 0 atom stereocenters.